The van der Waals surface area contributed by atoms with Crippen molar-refractivity contribution < 1.29 is 14.3 Å². The van der Waals surface area contributed by atoms with Crippen molar-refractivity contribution in [2.75, 3.05) is 13.6 Å². The van der Waals surface area contributed by atoms with E-state index in [9.17, 15) is 9.59 Å². The molecular formula is C40H43N7O3. The molecule has 6 aromatic rings. The van der Waals surface area contributed by atoms with Crippen molar-refractivity contribution in [1.82, 2.24) is 35.1 Å². The minimum Gasteiger partial charge on any atom is -0.488 e. The minimum absolute atomic E-state index is 0.178. The molecule has 2 aromatic heterocycles. The average Bonchev–Trinajstić information content (AvgIpc) is 3.79. The molecule has 0 saturated carbocycles. The molecule has 3 N–H and O–H groups in total. The molecule has 3 heterocycles. The summed E-state index contributed by atoms with van der Waals surface area (Å²) in [5.74, 6) is 2.31. The third-order valence-corrected chi connectivity index (χ3v) is 9.84. The highest BCUT2D eigenvalue weighted by Gasteiger charge is 2.26. The van der Waals surface area contributed by atoms with E-state index in [-0.39, 0.29) is 5.91 Å². The van der Waals surface area contributed by atoms with Crippen molar-refractivity contribution in [3.05, 3.63) is 102 Å². The van der Waals surface area contributed by atoms with Gasteiger partial charge < -0.3 is 24.9 Å². The molecule has 10 nitrogen and oxygen atoms in total. The lowest BCUT2D eigenvalue weighted by atomic mass is 9.92. The van der Waals surface area contributed by atoms with E-state index in [0.29, 0.717) is 38.0 Å². The Balaban J connectivity index is 1.12. The quantitative estimate of drug-likeness (QED) is 0.113. The number of amides is 2. The van der Waals surface area contributed by atoms with E-state index >= 15 is 0 Å². The molecule has 1 unspecified atom stereocenters. The zero-order valence-electron chi connectivity index (χ0n) is 29.0. The maximum atomic E-state index is 13.6. The summed E-state index contributed by atoms with van der Waals surface area (Å²) >= 11 is 0. The summed E-state index contributed by atoms with van der Waals surface area (Å²) in [5, 5.41) is 4.89. The number of hydrogen-bond donors (Lipinski definition) is 3. The van der Waals surface area contributed by atoms with Gasteiger partial charge in [-0.15, -0.1) is 0 Å². The van der Waals surface area contributed by atoms with E-state index in [0.717, 1.165) is 86.3 Å². The van der Waals surface area contributed by atoms with Crippen LogP contribution in [0.4, 0.5) is 0 Å². The molecule has 0 spiro atoms. The van der Waals surface area contributed by atoms with Gasteiger partial charge in [0.2, 0.25) is 12.3 Å². The standard InChI is InChI=1S/C40H43N7O3/c1-5-16-47(40(49)38(42-24-48)26-10-8-7-9-11-26)22-36-41-20-34(44-36)28-12-14-30-29(17-28)23-50-35-19-31-27(18-32(30)35)13-15-33-39(31)45-37(43-33)21-46(4)25(3)6-2/h7-15,17-20,24-25,38H,5-6,16,21-23H2,1-4H3,(H,41,44)(H,42,48)(H,43,45)/t25-,38?/m0/s1. The molecule has 50 heavy (non-hydrogen) atoms. The Morgan fingerprint density at radius 3 is 2.62 bits per heavy atom. The summed E-state index contributed by atoms with van der Waals surface area (Å²) in [7, 11) is 2.14. The number of aromatic amines is 2. The van der Waals surface area contributed by atoms with Crippen molar-refractivity contribution in [2.45, 2.75) is 65.4 Å². The molecular weight excluding hydrogens is 626 g/mol. The summed E-state index contributed by atoms with van der Waals surface area (Å²) in [6.45, 7) is 8.51. The van der Waals surface area contributed by atoms with Crippen LogP contribution in [0.1, 0.15) is 62.4 Å². The molecule has 10 heteroatoms. The van der Waals surface area contributed by atoms with Gasteiger partial charge >= 0.3 is 0 Å². The van der Waals surface area contributed by atoms with Gasteiger partial charge in [0.1, 0.15) is 30.0 Å². The van der Waals surface area contributed by atoms with Crippen LogP contribution in [0.25, 0.3) is 44.2 Å². The topological polar surface area (TPSA) is 119 Å². The number of benzene rings is 4. The summed E-state index contributed by atoms with van der Waals surface area (Å²) in [4.78, 5) is 45.7. The minimum atomic E-state index is -0.764. The number of carbonyl (C=O) groups is 2. The maximum Gasteiger partial charge on any atom is 0.250 e. The van der Waals surface area contributed by atoms with Crippen molar-refractivity contribution in [2.24, 2.45) is 0 Å². The second kappa shape index (κ2) is 14.2. The highest BCUT2D eigenvalue weighted by atomic mass is 16.5. The second-order valence-corrected chi connectivity index (χ2v) is 13.2. The predicted molar refractivity (Wildman–Crippen MR) is 196 cm³/mol. The Kier molecular flexibility index (Phi) is 9.36. The van der Waals surface area contributed by atoms with E-state index in [1.54, 1.807) is 11.1 Å². The molecule has 256 valence electrons. The highest BCUT2D eigenvalue weighted by Crippen LogP contribution is 2.42. The zero-order valence-corrected chi connectivity index (χ0v) is 29.0. The number of carbonyl (C=O) groups excluding carboxylic acids is 2. The molecule has 4 aromatic carbocycles. The van der Waals surface area contributed by atoms with Gasteiger partial charge in [0.05, 0.1) is 36.0 Å². The molecule has 2 atom stereocenters. The van der Waals surface area contributed by atoms with Crippen LogP contribution in [0.2, 0.25) is 0 Å². The van der Waals surface area contributed by atoms with Crippen molar-refractivity contribution in [3.8, 4) is 28.1 Å². The third kappa shape index (κ3) is 6.46. The molecule has 0 fully saturated rings. The lowest BCUT2D eigenvalue weighted by molar-refractivity contribution is -0.135. The Bertz CT molecular complexity index is 2160. The SMILES string of the molecule is CCCN(Cc1ncc(-c2ccc3c(c2)COc2cc4c(ccc5[nH]c(CN(C)[C@@H](C)CC)nc54)cc2-3)[nH]1)C(=O)C(NC=O)c1ccccc1. The molecule has 0 bridgehead atoms. The van der Waals surface area contributed by atoms with Crippen molar-refractivity contribution in [3.63, 3.8) is 0 Å². The van der Waals surface area contributed by atoms with Crippen molar-refractivity contribution in [1.29, 1.82) is 0 Å². The zero-order chi connectivity index (χ0) is 34.8. The fraction of sp³-hybridized carbons (Fsp3) is 0.300. The van der Waals surface area contributed by atoms with Crippen LogP contribution in [-0.2, 0) is 29.3 Å². The summed E-state index contributed by atoms with van der Waals surface area (Å²) < 4.78 is 6.36. The Morgan fingerprint density at radius 1 is 1.00 bits per heavy atom. The van der Waals surface area contributed by atoms with Gasteiger partial charge in [0.25, 0.3) is 0 Å². The van der Waals surface area contributed by atoms with Gasteiger partial charge in [0.15, 0.2) is 0 Å². The number of nitrogens with one attached hydrogen (secondary N) is 3. The number of rotatable bonds is 13. The van der Waals surface area contributed by atoms with Crippen molar-refractivity contribution >= 4 is 34.1 Å². The number of H-pyrrole nitrogens is 2. The van der Waals surface area contributed by atoms with E-state index < -0.39 is 6.04 Å². The fourth-order valence-corrected chi connectivity index (χ4v) is 6.80. The summed E-state index contributed by atoms with van der Waals surface area (Å²) in [5.41, 5.74) is 7.87. The largest absolute Gasteiger partial charge is 0.488 e. The maximum absolute atomic E-state index is 13.6. The van der Waals surface area contributed by atoms with E-state index in [1.807, 2.05) is 37.3 Å². The van der Waals surface area contributed by atoms with Crippen LogP contribution in [0.3, 0.4) is 0 Å². The molecule has 1 aliphatic heterocycles. The van der Waals surface area contributed by atoms with Gasteiger partial charge in [-0.1, -0.05) is 62.4 Å². The molecule has 0 aliphatic carbocycles. The van der Waals surface area contributed by atoms with E-state index in [1.165, 1.54) is 0 Å². The molecule has 1 aliphatic rings. The first-order valence-electron chi connectivity index (χ1n) is 17.4. The first kappa shape index (κ1) is 33.0. The first-order chi connectivity index (χ1) is 24.4. The number of hydrogen-bond acceptors (Lipinski definition) is 6. The number of imidazole rings is 2. The lowest BCUT2D eigenvalue weighted by Gasteiger charge is -2.26. The smallest absolute Gasteiger partial charge is 0.250 e. The van der Waals surface area contributed by atoms with Crippen LogP contribution < -0.4 is 10.1 Å². The summed E-state index contributed by atoms with van der Waals surface area (Å²) in [6, 6.07) is 24.0. The van der Waals surface area contributed by atoms with Gasteiger partial charge in [-0.25, -0.2) is 9.97 Å². The molecule has 7 rings (SSSR count). The van der Waals surface area contributed by atoms with E-state index in [4.69, 9.17) is 9.72 Å². The lowest BCUT2D eigenvalue weighted by Crippen LogP contribution is -2.40. The van der Waals surface area contributed by atoms with Crippen LogP contribution in [0, 0.1) is 0 Å². The van der Waals surface area contributed by atoms with Crippen LogP contribution in [0.15, 0.2) is 79.0 Å². The molecule has 0 radical (unpaired) electrons. The van der Waals surface area contributed by atoms with Gasteiger partial charge in [-0.05, 0) is 78.7 Å². The Hall–Kier alpha value is -5.48. The van der Waals surface area contributed by atoms with Crippen LogP contribution >= 0.6 is 0 Å². The van der Waals surface area contributed by atoms with Gasteiger partial charge in [0, 0.05) is 23.5 Å². The Morgan fingerprint density at radius 2 is 1.84 bits per heavy atom. The Labute approximate surface area is 291 Å². The first-order valence-corrected chi connectivity index (χ1v) is 17.4. The van der Waals surface area contributed by atoms with Crippen LogP contribution in [-0.4, -0.2) is 61.7 Å². The number of nitrogens with zero attached hydrogens (tertiary/aromatic N) is 4. The number of ether oxygens (including phenoxy) is 1. The number of fused-ring (bicyclic) bond motifs is 6. The molecule has 0 saturated heterocycles. The van der Waals surface area contributed by atoms with Crippen LogP contribution in [0.5, 0.6) is 5.75 Å². The highest BCUT2D eigenvalue weighted by molar-refractivity contribution is 6.07. The predicted octanol–water partition coefficient (Wildman–Crippen LogP) is 7.12. The number of aromatic nitrogens is 4. The fourth-order valence-electron chi connectivity index (χ4n) is 6.80. The van der Waals surface area contributed by atoms with E-state index in [2.05, 4.69) is 88.5 Å². The normalized spacial score (nSPS) is 13.5. The second-order valence-electron chi connectivity index (χ2n) is 13.2. The van der Waals surface area contributed by atoms with Gasteiger partial charge in [-0.3, -0.25) is 14.5 Å². The third-order valence-electron chi connectivity index (χ3n) is 9.84. The summed E-state index contributed by atoms with van der Waals surface area (Å²) in [6.07, 6.45) is 4.24. The monoisotopic (exact) mass is 669 g/mol. The van der Waals surface area contributed by atoms with Gasteiger partial charge in [-0.2, -0.15) is 0 Å². The average molecular weight is 670 g/mol. The molecule has 2 amide bonds.